The molecule has 0 aliphatic carbocycles. The van der Waals surface area contributed by atoms with Gasteiger partial charge in [-0.05, 0) is 5.56 Å². The number of halogens is 1. The number of benzene rings is 1. The lowest BCUT2D eigenvalue weighted by Crippen LogP contribution is -2.26. The topological polar surface area (TPSA) is 49.2 Å². The van der Waals surface area contributed by atoms with Crippen LogP contribution in [0.4, 0.5) is 5.82 Å². The molecule has 2 rings (SSSR count). The minimum Gasteiger partial charge on any atom is -0.395 e. The lowest BCUT2D eigenvalue weighted by Gasteiger charge is -2.21. The number of hydrogen-bond acceptors (Lipinski definition) is 5. The Labute approximate surface area is 109 Å². The van der Waals surface area contributed by atoms with Crippen LogP contribution in [0.5, 0.6) is 0 Å². The van der Waals surface area contributed by atoms with Gasteiger partial charge >= 0.3 is 0 Å². The van der Waals surface area contributed by atoms with Crippen LogP contribution in [-0.2, 0) is 6.54 Å². The quantitative estimate of drug-likeness (QED) is 0.904. The highest BCUT2D eigenvalue weighted by molar-refractivity contribution is 6.99. The van der Waals surface area contributed by atoms with Crippen LogP contribution in [0.3, 0.4) is 0 Å². The van der Waals surface area contributed by atoms with Gasteiger partial charge < -0.3 is 10.0 Å². The highest BCUT2D eigenvalue weighted by Gasteiger charge is 2.14. The largest absolute Gasteiger partial charge is 0.395 e. The number of rotatable bonds is 5. The van der Waals surface area contributed by atoms with Gasteiger partial charge in [-0.3, -0.25) is 0 Å². The minimum absolute atomic E-state index is 0.0562. The van der Waals surface area contributed by atoms with Crippen LogP contribution in [-0.4, -0.2) is 27.0 Å². The predicted octanol–water partition coefficient (Wildman–Crippen LogP) is 2.19. The summed E-state index contributed by atoms with van der Waals surface area (Å²) in [6.45, 7) is 1.20. The normalized spacial score (nSPS) is 10.5. The van der Waals surface area contributed by atoms with Crippen LogP contribution < -0.4 is 4.90 Å². The van der Waals surface area contributed by atoms with E-state index in [0.29, 0.717) is 24.1 Å². The van der Waals surface area contributed by atoms with Gasteiger partial charge in [-0.2, -0.15) is 8.75 Å². The molecular weight excluding hydrogens is 258 g/mol. The summed E-state index contributed by atoms with van der Waals surface area (Å²) in [5.41, 5.74) is 1.14. The maximum atomic E-state index is 9.07. The Balaban J connectivity index is 2.16. The van der Waals surface area contributed by atoms with Crippen LogP contribution in [0.25, 0.3) is 0 Å². The monoisotopic (exact) mass is 269 g/mol. The summed E-state index contributed by atoms with van der Waals surface area (Å²) in [5.74, 6) is 0.634. The highest BCUT2D eigenvalue weighted by Crippen LogP contribution is 2.24. The fraction of sp³-hybridized carbons (Fsp3) is 0.273. The molecule has 17 heavy (non-hydrogen) atoms. The number of aliphatic hydroxyl groups excluding tert-OH is 1. The molecule has 0 atom stereocenters. The Morgan fingerprint density at radius 2 is 2.00 bits per heavy atom. The second-order valence-electron chi connectivity index (χ2n) is 3.51. The Morgan fingerprint density at radius 3 is 2.59 bits per heavy atom. The predicted molar refractivity (Wildman–Crippen MR) is 69.5 cm³/mol. The van der Waals surface area contributed by atoms with Gasteiger partial charge in [0.2, 0.25) is 0 Å². The van der Waals surface area contributed by atoms with Gasteiger partial charge in [0.05, 0.1) is 18.3 Å². The van der Waals surface area contributed by atoms with Gasteiger partial charge in [-0.25, -0.2) is 0 Å². The van der Waals surface area contributed by atoms with Crippen molar-refractivity contribution in [2.75, 3.05) is 18.1 Å². The molecule has 90 valence electrons. The average molecular weight is 270 g/mol. The second-order valence-corrected chi connectivity index (χ2v) is 4.40. The van der Waals surface area contributed by atoms with E-state index in [-0.39, 0.29) is 6.61 Å². The van der Waals surface area contributed by atoms with Gasteiger partial charge in [0.1, 0.15) is 0 Å². The smallest absolute Gasteiger partial charge is 0.187 e. The molecule has 0 amide bonds. The van der Waals surface area contributed by atoms with E-state index in [2.05, 4.69) is 8.75 Å². The van der Waals surface area contributed by atoms with E-state index in [0.717, 1.165) is 17.3 Å². The van der Waals surface area contributed by atoms with Gasteiger partial charge in [-0.1, -0.05) is 41.9 Å². The van der Waals surface area contributed by atoms with E-state index < -0.39 is 0 Å². The molecule has 0 saturated heterocycles. The molecule has 0 fully saturated rings. The zero-order chi connectivity index (χ0) is 12.1. The molecule has 1 aromatic heterocycles. The minimum atomic E-state index is 0.0562. The van der Waals surface area contributed by atoms with E-state index in [1.165, 1.54) is 0 Å². The van der Waals surface area contributed by atoms with E-state index in [9.17, 15) is 0 Å². The van der Waals surface area contributed by atoms with Gasteiger partial charge in [0.25, 0.3) is 0 Å². The fourth-order valence-electron chi connectivity index (χ4n) is 1.55. The van der Waals surface area contributed by atoms with Crippen LogP contribution in [0.1, 0.15) is 5.56 Å². The number of nitrogens with zero attached hydrogens (tertiary/aromatic N) is 3. The van der Waals surface area contributed by atoms with Crippen molar-refractivity contribution in [3.8, 4) is 0 Å². The summed E-state index contributed by atoms with van der Waals surface area (Å²) in [4.78, 5) is 1.92. The van der Waals surface area contributed by atoms with Crippen LogP contribution >= 0.6 is 23.3 Å². The fourth-order valence-corrected chi connectivity index (χ4v) is 2.32. The van der Waals surface area contributed by atoms with Crippen molar-refractivity contribution >= 4 is 29.1 Å². The maximum Gasteiger partial charge on any atom is 0.187 e. The Bertz CT molecular complexity index is 463. The van der Waals surface area contributed by atoms with Gasteiger partial charge in [0, 0.05) is 13.1 Å². The van der Waals surface area contributed by atoms with Crippen molar-refractivity contribution in [1.82, 2.24) is 8.75 Å². The molecule has 0 bridgehead atoms. The summed E-state index contributed by atoms with van der Waals surface area (Å²) in [5, 5.41) is 9.46. The first-order valence-electron chi connectivity index (χ1n) is 5.19. The SMILES string of the molecule is OCCN(Cc1ccccc1)c1nsnc1Cl. The third-order valence-corrected chi connectivity index (χ3v) is 3.19. The molecule has 2 aromatic rings. The third-order valence-electron chi connectivity index (χ3n) is 2.32. The van der Waals surface area contributed by atoms with Gasteiger partial charge in [0.15, 0.2) is 11.0 Å². The molecular formula is C11H12ClN3OS. The molecule has 1 aromatic carbocycles. The number of hydrogen-bond donors (Lipinski definition) is 1. The summed E-state index contributed by atoms with van der Waals surface area (Å²) < 4.78 is 8.08. The van der Waals surface area contributed by atoms with Crippen LogP contribution in [0, 0.1) is 0 Å². The summed E-state index contributed by atoms with van der Waals surface area (Å²) in [6, 6.07) is 9.98. The first-order chi connectivity index (χ1) is 8.31. The Hall–Kier alpha value is -1.17. The van der Waals surface area contributed by atoms with Crippen molar-refractivity contribution in [3.63, 3.8) is 0 Å². The van der Waals surface area contributed by atoms with Gasteiger partial charge in [-0.15, -0.1) is 0 Å². The lowest BCUT2D eigenvalue weighted by atomic mass is 10.2. The summed E-state index contributed by atoms with van der Waals surface area (Å²) in [6.07, 6.45) is 0. The molecule has 0 radical (unpaired) electrons. The van der Waals surface area contributed by atoms with Crippen molar-refractivity contribution in [2.24, 2.45) is 0 Å². The summed E-state index contributed by atoms with van der Waals surface area (Å²) >= 11 is 7.03. The van der Waals surface area contributed by atoms with E-state index in [4.69, 9.17) is 16.7 Å². The Kier molecular flexibility index (Phi) is 4.30. The van der Waals surface area contributed by atoms with Crippen LogP contribution in [0.2, 0.25) is 5.15 Å². The summed E-state index contributed by atoms with van der Waals surface area (Å²) in [7, 11) is 0. The number of anilines is 1. The molecule has 0 aliphatic heterocycles. The molecule has 0 saturated carbocycles. The first kappa shape index (κ1) is 12.3. The number of aromatic nitrogens is 2. The first-order valence-corrected chi connectivity index (χ1v) is 6.30. The molecule has 0 spiro atoms. The molecule has 1 N–H and O–H groups in total. The molecule has 6 heteroatoms. The van der Waals surface area contributed by atoms with Crippen molar-refractivity contribution in [2.45, 2.75) is 6.54 Å². The van der Waals surface area contributed by atoms with E-state index >= 15 is 0 Å². The second kappa shape index (κ2) is 5.95. The average Bonchev–Trinajstić information content (AvgIpc) is 2.76. The number of aliphatic hydroxyl groups is 1. The zero-order valence-electron chi connectivity index (χ0n) is 9.08. The molecule has 1 heterocycles. The standard InChI is InChI=1S/C11H12ClN3OS/c12-10-11(14-17-13-10)15(6-7-16)8-9-4-2-1-3-5-9/h1-5,16H,6-8H2. The molecule has 0 unspecified atom stereocenters. The Morgan fingerprint density at radius 1 is 1.24 bits per heavy atom. The van der Waals surface area contributed by atoms with Crippen molar-refractivity contribution < 1.29 is 5.11 Å². The molecule has 4 nitrogen and oxygen atoms in total. The van der Waals surface area contributed by atoms with E-state index in [1.807, 2.05) is 35.2 Å². The zero-order valence-corrected chi connectivity index (χ0v) is 10.7. The highest BCUT2D eigenvalue weighted by atomic mass is 35.5. The maximum absolute atomic E-state index is 9.07. The van der Waals surface area contributed by atoms with Crippen molar-refractivity contribution in [1.29, 1.82) is 0 Å². The van der Waals surface area contributed by atoms with E-state index in [1.54, 1.807) is 0 Å². The van der Waals surface area contributed by atoms with Crippen molar-refractivity contribution in [3.05, 3.63) is 41.0 Å². The lowest BCUT2D eigenvalue weighted by molar-refractivity contribution is 0.301. The van der Waals surface area contributed by atoms with Crippen LogP contribution in [0.15, 0.2) is 30.3 Å². The molecule has 0 aliphatic rings. The third kappa shape index (κ3) is 3.15.